The largest absolute Gasteiger partial charge is 0.294 e. The molecule has 1 atom stereocenters. The summed E-state index contributed by atoms with van der Waals surface area (Å²) in [6.07, 6.45) is 4.33. The van der Waals surface area contributed by atoms with Gasteiger partial charge in [-0.1, -0.05) is 42.5 Å². The fraction of sp³-hybridized carbons (Fsp3) is 0.211. The molecule has 1 aliphatic rings. The van der Waals surface area contributed by atoms with Crippen molar-refractivity contribution in [2.45, 2.75) is 25.2 Å². The van der Waals surface area contributed by atoms with Crippen molar-refractivity contribution in [3.63, 3.8) is 0 Å². The Hall–Kier alpha value is -2.75. The van der Waals surface area contributed by atoms with Crippen LogP contribution in [0.3, 0.4) is 0 Å². The van der Waals surface area contributed by atoms with Gasteiger partial charge in [0.25, 0.3) is 5.69 Å². The molecule has 4 heteroatoms. The lowest BCUT2D eigenvalue weighted by atomic mass is 9.79. The molecule has 3 rings (SSSR count). The molecule has 116 valence electrons. The Kier molecular flexibility index (Phi) is 4.33. The first kappa shape index (κ1) is 15.2. The van der Waals surface area contributed by atoms with Gasteiger partial charge < -0.3 is 0 Å². The number of nitro groups is 1. The smallest absolute Gasteiger partial charge is 0.270 e. The molecule has 0 spiro atoms. The molecule has 0 aromatic heterocycles. The van der Waals surface area contributed by atoms with Crippen molar-refractivity contribution in [1.82, 2.24) is 0 Å². The number of carbonyl (C=O) groups excluding carboxylic acids is 1. The van der Waals surface area contributed by atoms with Crippen molar-refractivity contribution in [2.24, 2.45) is 0 Å². The summed E-state index contributed by atoms with van der Waals surface area (Å²) in [6, 6.07) is 16.2. The Morgan fingerprint density at radius 2 is 1.87 bits per heavy atom. The Morgan fingerprint density at radius 1 is 1.09 bits per heavy atom. The maximum Gasteiger partial charge on any atom is 0.270 e. The topological polar surface area (TPSA) is 60.2 Å². The number of hydrogen-bond donors (Lipinski definition) is 0. The van der Waals surface area contributed by atoms with Gasteiger partial charge in [0.2, 0.25) is 0 Å². The Balaban J connectivity index is 1.89. The van der Waals surface area contributed by atoms with E-state index < -0.39 is 4.92 Å². The van der Waals surface area contributed by atoms with Crippen LogP contribution in [0.4, 0.5) is 5.69 Å². The van der Waals surface area contributed by atoms with Crippen LogP contribution >= 0.6 is 0 Å². The number of nitrogens with zero attached hydrogens (tertiary/aromatic N) is 1. The summed E-state index contributed by atoms with van der Waals surface area (Å²) in [6.45, 7) is 0. The molecule has 1 fully saturated rings. The number of Topliss-reactive ketones (excluding diaryl/α,β-unsaturated/α-hetero) is 1. The normalized spacial score (nSPS) is 19.7. The van der Waals surface area contributed by atoms with Crippen LogP contribution in [-0.2, 0) is 4.79 Å². The van der Waals surface area contributed by atoms with E-state index in [0.717, 1.165) is 30.4 Å². The molecule has 0 bridgehead atoms. The fourth-order valence-electron chi connectivity index (χ4n) is 3.05. The molecule has 23 heavy (non-hydrogen) atoms. The van der Waals surface area contributed by atoms with Crippen LogP contribution in [0.25, 0.3) is 6.08 Å². The van der Waals surface area contributed by atoms with Crippen LogP contribution in [-0.4, -0.2) is 10.7 Å². The second-order valence-corrected chi connectivity index (χ2v) is 5.74. The standard InChI is InChI=1S/C19H17NO3/c21-19-16(12-14-6-4-10-17(13-14)20(22)23)9-5-11-18(19)15-7-2-1-3-8-15/h1-4,6-8,10,12-13,18H,5,9,11H2/b16-12+/t18-/m1/s1. The summed E-state index contributed by atoms with van der Waals surface area (Å²) in [4.78, 5) is 23.2. The molecule has 2 aromatic carbocycles. The first-order valence-electron chi connectivity index (χ1n) is 7.69. The third-order valence-electron chi connectivity index (χ3n) is 4.20. The molecule has 1 aliphatic carbocycles. The monoisotopic (exact) mass is 307 g/mol. The van der Waals surface area contributed by atoms with Crippen molar-refractivity contribution >= 4 is 17.5 Å². The van der Waals surface area contributed by atoms with Gasteiger partial charge in [-0.05, 0) is 42.0 Å². The minimum Gasteiger partial charge on any atom is -0.294 e. The highest BCUT2D eigenvalue weighted by Crippen LogP contribution is 2.34. The number of carbonyl (C=O) groups is 1. The van der Waals surface area contributed by atoms with Gasteiger partial charge in [0.1, 0.15) is 0 Å². The van der Waals surface area contributed by atoms with E-state index in [1.807, 2.05) is 30.3 Å². The lowest BCUT2D eigenvalue weighted by Crippen LogP contribution is -2.19. The van der Waals surface area contributed by atoms with Gasteiger partial charge in [0.05, 0.1) is 4.92 Å². The van der Waals surface area contributed by atoms with E-state index in [-0.39, 0.29) is 17.4 Å². The molecule has 2 aromatic rings. The zero-order chi connectivity index (χ0) is 16.2. The van der Waals surface area contributed by atoms with Crippen LogP contribution < -0.4 is 0 Å². The van der Waals surface area contributed by atoms with Crippen molar-refractivity contribution in [2.75, 3.05) is 0 Å². The summed E-state index contributed by atoms with van der Waals surface area (Å²) in [5, 5.41) is 10.9. The predicted octanol–water partition coefficient (Wildman–Crippen LogP) is 4.52. The van der Waals surface area contributed by atoms with Crippen LogP contribution in [0.2, 0.25) is 0 Å². The van der Waals surface area contributed by atoms with Gasteiger partial charge in [-0.3, -0.25) is 14.9 Å². The van der Waals surface area contributed by atoms with E-state index >= 15 is 0 Å². The summed E-state index contributed by atoms with van der Waals surface area (Å²) < 4.78 is 0. The van der Waals surface area contributed by atoms with Crippen LogP contribution in [0, 0.1) is 10.1 Å². The lowest BCUT2D eigenvalue weighted by molar-refractivity contribution is -0.384. The van der Waals surface area contributed by atoms with Crippen LogP contribution in [0.1, 0.15) is 36.3 Å². The third-order valence-corrected chi connectivity index (χ3v) is 4.20. The van der Waals surface area contributed by atoms with E-state index in [1.165, 1.54) is 12.1 Å². The molecule has 0 amide bonds. The van der Waals surface area contributed by atoms with Crippen molar-refractivity contribution in [3.05, 3.63) is 81.4 Å². The van der Waals surface area contributed by atoms with E-state index in [9.17, 15) is 14.9 Å². The summed E-state index contributed by atoms with van der Waals surface area (Å²) >= 11 is 0. The van der Waals surface area contributed by atoms with Crippen LogP contribution in [0.15, 0.2) is 60.2 Å². The number of allylic oxidation sites excluding steroid dienone is 1. The maximum absolute atomic E-state index is 12.7. The number of ketones is 1. The number of hydrogen-bond acceptors (Lipinski definition) is 3. The average Bonchev–Trinajstić information content (AvgIpc) is 2.58. The van der Waals surface area contributed by atoms with Gasteiger partial charge in [-0.2, -0.15) is 0 Å². The molecule has 0 heterocycles. The van der Waals surface area contributed by atoms with Gasteiger partial charge >= 0.3 is 0 Å². The number of nitro benzene ring substituents is 1. The molecule has 0 saturated heterocycles. The first-order valence-corrected chi connectivity index (χ1v) is 7.69. The van der Waals surface area contributed by atoms with E-state index in [4.69, 9.17) is 0 Å². The van der Waals surface area contributed by atoms with E-state index in [2.05, 4.69) is 0 Å². The maximum atomic E-state index is 12.7. The molecule has 0 aliphatic heterocycles. The lowest BCUT2D eigenvalue weighted by Gasteiger charge is -2.23. The van der Waals surface area contributed by atoms with Gasteiger partial charge in [0.15, 0.2) is 5.78 Å². The Labute approximate surface area is 134 Å². The summed E-state index contributed by atoms with van der Waals surface area (Å²) in [7, 11) is 0. The van der Waals surface area contributed by atoms with Crippen molar-refractivity contribution < 1.29 is 9.72 Å². The second-order valence-electron chi connectivity index (χ2n) is 5.74. The van der Waals surface area contributed by atoms with Gasteiger partial charge in [-0.15, -0.1) is 0 Å². The molecular weight excluding hydrogens is 290 g/mol. The Morgan fingerprint density at radius 3 is 2.61 bits per heavy atom. The molecule has 0 unspecified atom stereocenters. The van der Waals surface area contributed by atoms with Crippen LogP contribution in [0.5, 0.6) is 0 Å². The highest BCUT2D eigenvalue weighted by Gasteiger charge is 2.27. The summed E-state index contributed by atoms with van der Waals surface area (Å²) in [5.41, 5.74) is 2.55. The molecule has 4 nitrogen and oxygen atoms in total. The highest BCUT2D eigenvalue weighted by molar-refractivity contribution is 6.04. The number of rotatable bonds is 3. The number of benzene rings is 2. The van der Waals surface area contributed by atoms with Gasteiger partial charge in [-0.25, -0.2) is 0 Å². The molecule has 0 N–H and O–H groups in total. The van der Waals surface area contributed by atoms with Crippen molar-refractivity contribution in [1.29, 1.82) is 0 Å². The van der Waals surface area contributed by atoms with E-state index in [0.29, 0.717) is 5.56 Å². The minimum absolute atomic E-state index is 0.0437. The average molecular weight is 307 g/mol. The fourth-order valence-corrected chi connectivity index (χ4v) is 3.05. The number of non-ortho nitro benzene ring substituents is 1. The first-order chi connectivity index (χ1) is 11.1. The summed E-state index contributed by atoms with van der Waals surface area (Å²) in [5.74, 6) is 0.0313. The second kappa shape index (κ2) is 6.57. The van der Waals surface area contributed by atoms with E-state index in [1.54, 1.807) is 18.2 Å². The van der Waals surface area contributed by atoms with Gasteiger partial charge in [0, 0.05) is 18.1 Å². The highest BCUT2D eigenvalue weighted by atomic mass is 16.6. The zero-order valence-electron chi connectivity index (χ0n) is 12.6. The SMILES string of the molecule is O=C1/C(=C/c2cccc([N+](=O)[O-])c2)CCC[C@@H]1c1ccccc1. The zero-order valence-corrected chi connectivity index (χ0v) is 12.6. The quantitative estimate of drug-likeness (QED) is 0.476. The Bertz CT molecular complexity index is 765. The predicted molar refractivity (Wildman–Crippen MR) is 89.1 cm³/mol. The minimum atomic E-state index is -0.419. The van der Waals surface area contributed by atoms with Crippen molar-refractivity contribution in [3.8, 4) is 0 Å². The molecule has 1 saturated carbocycles. The molecular formula is C19H17NO3. The molecule has 0 radical (unpaired) electrons. The third kappa shape index (κ3) is 3.37.